The van der Waals surface area contributed by atoms with Crippen LogP contribution in [-0.2, 0) is 24.3 Å². The minimum absolute atomic E-state index is 0.0219. The van der Waals surface area contributed by atoms with E-state index < -0.39 is 34.0 Å². The van der Waals surface area contributed by atoms with E-state index in [2.05, 4.69) is 0 Å². The molecule has 0 aliphatic carbocycles. The van der Waals surface area contributed by atoms with E-state index in [4.69, 9.17) is 4.74 Å². The van der Waals surface area contributed by atoms with Crippen molar-refractivity contribution in [1.29, 1.82) is 0 Å². The van der Waals surface area contributed by atoms with Gasteiger partial charge in [-0.05, 0) is 24.6 Å². The van der Waals surface area contributed by atoms with Gasteiger partial charge in [-0.3, -0.25) is 9.59 Å². The van der Waals surface area contributed by atoms with Crippen LogP contribution in [0.25, 0.3) is 0 Å². The first kappa shape index (κ1) is 17.2. The monoisotopic (exact) mass is 359 g/mol. The Morgan fingerprint density at radius 2 is 1.64 bits per heavy atom. The first-order chi connectivity index (χ1) is 11.8. The van der Waals surface area contributed by atoms with Crippen LogP contribution in [0.15, 0.2) is 59.5 Å². The molecule has 1 aliphatic heterocycles. The summed E-state index contributed by atoms with van der Waals surface area (Å²) in [4.78, 5) is 23.8. The standard InChI is InChI=1S/C18H17NO5S/c1-12-8-10-15(11-9-12)25(22,23)19-16(14-6-4-3-5-7-14)17(18(19)21)24-13(2)20/h3-11,16-17H,1-2H3/t16-,17+/m0/s1. The fourth-order valence-corrected chi connectivity index (χ4v) is 4.36. The second-order valence-electron chi connectivity index (χ2n) is 5.84. The summed E-state index contributed by atoms with van der Waals surface area (Å²) >= 11 is 0. The Hall–Kier alpha value is -2.67. The van der Waals surface area contributed by atoms with Crippen molar-refractivity contribution in [3.63, 3.8) is 0 Å². The fraction of sp³-hybridized carbons (Fsp3) is 0.222. The first-order valence-electron chi connectivity index (χ1n) is 7.69. The highest BCUT2D eigenvalue weighted by Gasteiger charge is 2.56. The third-order valence-electron chi connectivity index (χ3n) is 4.01. The molecule has 6 nitrogen and oxygen atoms in total. The van der Waals surface area contributed by atoms with Gasteiger partial charge in [0.05, 0.1) is 4.90 Å². The van der Waals surface area contributed by atoms with Crippen LogP contribution in [0.3, 0.4) is 0 Å². The van der Waals surface area contributed by atoms with Crippen molar-refractivity contribution in [2.24, 2.45) is 0 Å². The van der Waals surface area contributed by atoms with Crippen molar-refractivity contribution >= 4 is 21.9 Å². The third kappa shape index (κ3) is 3.02. The number of sulfonamides is 1. The normalized spacial score (nSPS) is 20.1. The van der Waals surface area contributed by atoms with Gasteiger partial charge in [-0.1, -0.05) is 48.0 Å². The summed E-state index contributed by atoms with van der Waals surface area (Å²) in [5.74, 6) is -1.38. The topological polar surface area (TPSA) is 80.8 Å². The van der Waals surface area contributed by atoms with Crippen LogP contribution in [0, 0.1) is 6.92 Å². The van der Waals surface area contributed by atoms with E-state index in [1.54, 1.807) is 42.5 Å². The third-order valence-corrected chi connectivity index (χ3v) is 5.80. The maximum absolute atomic E-state index is 12.9. The van der Waals surface area contributed by atoms with Crippen molar-refractivity contribution in [3.05, 3.63) is 65.7 Å². The molecule has 1 aliphatic rings. The molecule has 1 fully saturated rings. The lowest BCUT2D eigenvalue weighted by molar-refractivity contribution is -0.174. The van der Waals surface area contributed by atoms with Crippen LogP contribution in [0.5, 0.6) is 0 Å². The Morgan fingerprint density at radius 3 is 2.20 bits per heavy atom. The van der Waals surface area contributed by atoms with E-state index >= 15 is 0 Å². The van der Waals surface area contributed by atoms with Crippen molar-refractivity contribution < 1.29 is 22.7 Å². The lowest BCUT2D eigenvalue weighted by Crippen LogP contribution is -2.62. The van der Waals surface area contributed by atoms with Gasteiger partial charge in [0.15, 0.2) is 0 Å². The van der Waals surface area contributed by atoms with Crippen molar-refractivity contribution in [1.82, 2.24) is 4.31 Å². The quantitative estimate of drug-likeness (QED) is 0.617. The fourth-order valence-electron chi connectivity index (χ4n) is 2.78. The van der Waals surface area contributed by atoms with E-state index in [0.29, 0.717) is 5.56 Å². The summed E-state index contributed by atoms with van der Waals surface area (Å²) in [5, 5.41) is 0. The number of β-lactam (4-membered cyclic amide) rings is 1. The van der Waals surface area contributed by atoms with Gasteiger partial charge in [0.2, 0.25) is 6.10 Å². The van der Waals surface area contributed by atoms with Crippen LogP contribution in [0.4, 0.5) is 0 Å². The lowest BCUT2D eigenvalue weighted by atomic mass is 9.94. The molecule has 2 atom stereocenters. The van der Waals surface area contributed by atoms with Crippen LogP contribution in [0.2, 0.25) is 0 Å². The molecule has 0 saturated carbocycles. The summed E-state index contributed by atoms with van der Waals surface area (Å²) in [7, 11) is -4.04. The highest BCUT2D eigenvalue weighted by Crippen LogP contribution is 2.41. The van der Waals surface area contributed by atoms with Crippen molar-refractivity contribution in [2.75, 3.05) is 0 Å². The number of hydrogen-bond acceptors (Lipinski definition) is 5. The van der Waals surface area contributed by atoms with Crippen LogP contribution in [0.1, 0.15) is 24.1 Å². The van der Waals surface area contributed by atoms with Gasteiger partial charge in [0, 0.05) is 6.92 Å². The Labute approximate surface area is 146 Å². The number of ether oxygens (including phenoxy) is 1. The van der Waals surface area contributed by atoms with Crippen molar-refractivity contribution in [2.45, 2.75) is 30.9 Å². The zero-order valence-electron chi connectivity index (χ0n) is 13.7. The van der Waals surface area contributed by atoms with Gasteiger partial charge in [0.25, 0.3) is 15.9 Å². The highest BCUT2D eigenvalue weighted by atomic mass is 32.2. The van der Waals surface area contributed by atoms with E-state index in [1.807, 2.05) is 6.92 Å². The molecule has 7 heteroatoms. The second kappa shape index (κ2) is 6.33. The molecule has 0 radical (unpaired) electrons. The Morgan fingerprint density at radius 1 is 1.04 bits per heavy atom. The van der Waals surface area contributed by atoms with Gasteiger partial charge in [-0.15, -0.1) is 0 Å². The summed E-state index contributed by atoms with van der Waals surface area (Å²) in [6.45, 7) is 3.03. The second-order valence-corrected chi connectivity index (χ2v) is 7.65. The number of esters is 1. The minimum atomic E-state index is -4.04. The molecular weight excluding hydrogens is 342 g/mol. The van der Waals surface area contributed by atoms with Gasteiger partial charge in [0.1, 0.15) is 6.04 Å². The predicted molar refractivity (Wildman–Crippen MR) is 89.9 cm³/mol. The first-order valence-corrected chi connectivity index (χ1v) is 9.13. The summed E-state index contributed by atoms with van der Waals surface area (Å²) in [6, 6.07) is 14.0. The minimum Gasteiger partial charge on any atom is -0.450 e. The Bertz CT molecular complexity index is 906. The largest absolute Gasteiger partial charge is 0.450 e. The van der Waals surface area contributed by atoms with E-state index in [9.17, 15) is 18.0 Å². The maximum Gasteiger partial charge on any atom is 0.303 e. The maximum atomic E-state index is 12.9. The van der Waals surface area contributed by atoms with E-state index in [0.717, 1.165) is 9.87 Å². The molecule has 2 aromatic carbocycles. The molecule has 1 amide bonds. The molecule has 130 valence electrons. The number of carbonyl (C=O) groups is 2. The van der Waals surface area contributed by atoms with Gasteiger partial charge >= 0.3 is 5.97 Å². The number of benzene rings is 2. The number of amides is 1. The number of hydrogen-bond donors (Lipinski definition) is 0. The summed E-state index contributed by atoms with van der Waals surface area (Å²) in [5.41, 5.74) is 1.50. The molecule has 1 heterocycles. The van der Waals surface area contributed by atoms with Gasteiger partial charge in [-0.25, -0.2) is 12.7 Å². The molecule has 0 bridgehead atoms. The number of nitrogens with zero attached hydrogens (tertiary/aromatic N) is 1. The zero-order valence-corrected chi connectivity index (χ0v) is 14.6. The molecule has 1 saturated heterocycles. The average Bonchev–Trinajstić information content (AvgIpc) is 2.58. The smallest absolute Gasteiger partial charge is 0.303 e. The van der Waals surface area contributed by atoms with Crippen LogP contribution < -0.4 is 0 Å². The van der Waals surface area contributed by atoms with E-state index in [-0.39, 0.29) is 4.90 Å². The van der Waals surface area contributed by atoms with Gasteiger partial charge in [-0.2, -0.15) is 0 Å². The number of aryl methyl sites for hydroxylation is 1. The lowest BCUT2D eigenvalue weighted by Gasteiger charge is -2.44. The zero-order chi connectivity index (χ0) is 18.2. The van der Waals surface area contributed by atoms with Gasteiger partial charge < -0.3 is 4.74 Å². The van der Waals surface area contributed by atoms with Crippen LogP contribution in [-0.4, -0.2) is 30.7 Å². The summed E-state index contributed by atoms with van der Waals surface area (Å²) in [6.07, 6.45) is -1.14. The SMILES string of the molecule is CC(=O)O[C@H]1C(=O)N(S(=O)(=O)c2ccc(C)cc2)[C@H]1c1ccccc1. The van der Waals surface area contributed by atoms with Crippen molar-refractivity contribution in [3.8, 4) is 0 Å². The molecule has 25 heavy (non-hydrogen) atoms. The average molecular weight is 359 g/mol. The molecule has 0 N–H and O–H groups in total. The molecular formula is C18H17NO5S. The highest BCUT2D eigenvalue weighted by molar-refractivity contribution is 7.89. The molecule has 0 spiro atoms. The number of carbonyl (C=O) groups excluding carboxylic acids is 2. The molecule has 0 aromatic heterocycles. The summed E-state index contributed by atoms with van der Waals surface area (Å²) < 4.78 is 31.7. The Kier molecular flexibility index (Phi) is 4.34. The van der Waals surface area contributed by atoms with Crippen LogP contribution >= 0.6 is 0 Å². The molecule has 3 rings (SSSR count). The predicted octanol–water partition coefficient (Wildman–Crippen LogP) is 2.20. The molecule has 2 aromatic rings. The van der Waals surface area contributed by atoms with E-state index in [1.165, 1.54) is 19.1 Å². The number of rotatable bonds is 4. The molecule has 0 unspecified atom stereocenters. The Balaban J connectivity index is 2.03.